The second-order valence-corrected chi connectivity index (χ2v) is 6.03. The lowest BCUT2D eigenvalue weighted by Crippen LogP contribution is -2.54. The van der Waals surface area contributed by atoms with Crippen molar-refractivity contribution in [2.24, 2.45) is 5.73 Å². The molecule has 3 N–H and O–H groups in total. The van der Waals surface area contributed by atoms with Crippen LogP contribution in [0.2, 0.25) is 5.02 Å². The second kappa shape index (κ2) is 6.85. The molecule has 3 atom stereocenters. The molecule has 2 rings (SSSR count). The number of rotatable bonds is 4. The zero-order valence-electron chi connectivity index (χ0n) is 12.1. The molecule has 1 fully saturated rings. The van der Waals surface area contributed by atoms with Crippen LogP contribution in [0.25, 0.3) is 0 Å². The molecule has 3 unspecified atom stereocenters. The maximum atomic E-state index is 13.6. The number of nitrogens with two attached hydrogens (primary N) is 1. The molecule has 1 aromatic carbocycles. The van der Waals surface area contributed by atoms with Crippen LogP contribution in [0.1, 0.15) is 44.7 Å². The minimum atomic E-state index is -0.399. The van der Waals surface area contributed by atoms with Crippen LogP contribution in [0.4, 0.5) is 4.39 Å². The summed E-state index contributed by atoms with van der Waals surface area (Å²) in [5.74, 6) is -0.399. The smallest absolute Gasteiger partial charge is 0.142 e. The van der Waals surface area contributed by atoms with Crippen molar-refractivity contribution in [3.8, 4) is 0 Å². The van der Waals surface area contributed by atoms with Crippen molar-refractivity contribution in [3.63, 3.8) is 0 Å². The Hall–Kier alpha value is -0.680. The molecule has 3 nitrogen and oxygen atoms in total. The third kappa shape index (κ3) is 3.50. The van der Waals surface area contributed by atoms with Gasteiger partial charge in [0, 0.05) is 18.6 Å². The van der Waals surface area contributed by atoms with E-state index < -0.39 is 5.82 Å². The average Bonchev–Trinajstić information content (AvgIpc) is 2.42. The van der Waals surface area contributed by atoms with E-state index in [1.807, 2.05) is 6.07 Å². The third-order valence-electron chi connectivity index (χ3n) is 4.08. The lowest BCUT2D eigenvalue weighted by molar-refractivity contribution is 0.0304. The Morgan fingerprint density at radius 3 is 2.60 bits per heavy atom. The van der Waals surface area contributed by atoms with Gasteiger partial charge >= 0.3 is 0 Å². The van der Waals surface area contributed by atoms with Crippen LogP contribution in [-0.2, 0) is 0 Å². The van der Waals surface area contributed by atoms with E-state index in [0.717, 1.165) is 5.56 Å². The van der Waals surface area contributed by atoms with Crippen molar-refractivity contribution >= 4 is 11.6 Å². The Balaban J connectivity index is 2.13. The molecule has 0 saturated carbocycles. The fourth-order valence-electron chi connectivity index (χ4n) is 2.85. The van der Waals surface area contributed by atoms with Gasteiger partial charge in [-0.3, -0.25) is 0 Å². The van der Waals surface area contributed by atoms with E-state index in [2.05, 4.69) is 24.3 Å². The number of piperidine rings is 1. The summed E-state index contributed by atoms with van der Waals surface area (Å²) in [5.41, 5.74) is 10.2. The summed E-state index contributed by atoms with van der Waals surface area (Å²) in [5, 5.41) is 2.40. The molecule has 0 spiro atoms. The van der Waals surface area contributed by atoms with E-state index in [0.29, 0.717) is 18.6 Å². The van der Waals surface area contributed by atoms with Crippen molar-refractivity contribution in [2.45, 2.75) is 51.2 Å². The number of nitrogens with one attached hydrogen (secondary N) is 1. The molecule has 1 aliphatic rings. The molecule has 0 aliphatic carbocycles. The second-order valence-electron chi connectivity index (χ2n) is 5.63. The Morgan fingerprint density at radius 2 is 2.05 bits per heavy atom. The molecule has 1 heterocycles. The van der Waals surface area contributed by atoms with Crippen LogP contribution in [0.3, 0.4) is 0 Å². The summed E-state index contributed by atoms with van der Waals surface area (Å²) in [6, 6.07) is 5.71. The van der Waals surface area contributed by atoms with E-state index in [1.54, 1.807) is 6.07 Å². The average molecular weight is 300 g/mol. The molecule has 1 saturated heterocycles. The van der Waals surface area contributed by atoms with Gasteiger partial charge in [0.1, 0.15) is 5.82 Å². The molecule has 1 aliphatic heterocycles. The molecule has 0 amide bonds. The number of benzene rings is 1. The van der Waals surface area contributed by atoms with Gasteiger partial charge in [-0.1, -0.05) is 24.1 Å². The Kier molecular flexibility index (Phi) is 5.38. The highest BCUT2D eigenvalue weighted by molar-refractivity contribution is 6.30. The highest BCUT2D eigenvalue weighted by Gasteiger charge is 2.27. The molecular formula is C15H23ClFN3. The standard InChI is InChI=1S/C15H23ClFN3/c1-10-4-3-5-11(2)20(10)19-15(9-18)12-6-7-13(16)14(17)8-12/h6-8,10-11,15,19H,3-5,9,18H2,1-2H3. The maximum Gasteiger partial charge on any atom is 0.142 e. The van der Waals surface area contributed by atoms with Crippen LogP contribution in [0.5, 0.6) is 0 Å². The number of hydrogen-bond donors (Lipinski definition) is 2. The summed E-state index contributed by atoms with van der Waals surface area (Å²) in [7, 11) is 0. The highest BCUT2D eigenvalue weighted by atomic mass is 35.5. The first-order chi connectivity index (χ1) is 9.52. The summed E-state index contributed by atoms with van der Waals surface area (Å²) in [6.45, 7) is 4.83. The number of hydrazine groups is 1. The van der Waals surface area contributed by atoms with Crippen LogP contribution < -0.4 is 11.2 Å². The zero-order valence-corrected chi connectivity index (χ0v) is 12.8. The summed E-state index contributed by atoms with van der Waals surface area (Å²) in [4.78, 5) is 0. The van der Waals surface area contributed by atoms with Crippen LogP contribution in [-0.4, -0.2) is 23.6 Å². The molecule has 0 radical (unpaired) electrons. The minimum Gasteiger partial charge on any atom is -0.329 e. The van der Waals surface area contributed by atoms with Gasteiger partial charge in [0.2, 0.25) is 0 Å². The number of hydrogen-bond acceptors (Lipinski definition) is 3. The third-order valence-corrected chi connectivity index (χ3v) is 4.39. The quantitative estimate of drug-likeness (QED) is 0.897. The minimum absolute atomic E-state index is 0.0928. The molecule has 1 aromatic rings. The lowest BCUT2D eigenvalue weighted by Gasteiger charge is -2.41. The van der Waals surface area contributed by atoms with E-state index in [1.165, 1.54) is 25.3 Å². The van der Waals surface area contributed by atoms with Crippen LogP contribution in [0.15, 0.2) is 18.2 Å². The fraction of sp³-hybridized carbons (Fsp3) is 0.600. The first-order valence-electron chi connectivity index (χ1n) is 7.22. The first-order valence-corrected chi connectivity index (χ1v) is 7.60. The van der Waals surface area contributed by atoms with Crippen molar-refractivity contribution in [1.29, 1.82) is 0 Å². The molecule has 20 heavy (non-hydrogen) atoms. The van der Waals surface area contributed by atoms with Gasteiger partial charge < -0.3 is 5.73 Å². The summed E-state index contributed by atoms with van der Waals surface area (Å²) in [6.07, 6.45) is 3.59. The van der Waals surface area contributed by atoms with E-state index >= 15 is 0 Å². The zero-order chi connectivity index (χ0) is 14.7. The Labute approximate surface area is 125 Å². The van der Waals surface area contributed by atoms with Gasteiger partial charge in [-0.05, 0) is 44.4 Å². The van der Waals surface area contributed by atoms with E-state index in [-0.39, 0.29) is 11.1 Å². The van der Waals surface area contributed by atoms with Crippen molar-refractivity contribution in [2.75, 3.05) is 6.54 Å². The Morgan fingerprint density at radius 1 is 1.40 bits per heavy atom. The van der Waals surface area contributed by atoms with Gasteiger partial charge in [0.25, 0.3) is 0 Å². The van der Waals surface area contributed by atoms with Crippen LogP contribution >= 0.6 is 11.6 Å². The van der Waals surface area contributed by atoms with E-state index in [4.69, 9.17) is 17.3 Å². The van der Waals surface area contributed by atoms with Gasteiger partial charge in [-0.15, -0.1) is 0 Å². The van der Waals surface area contributed by atoms with Gasteiger partial charge in [-0.25, -0.2) is 14.8 Å². The predicted octanol–water partition coefficient (Wildman–Crippen LogP) is 3.25. The molecule has 5 heteroatoms. The molecular weight excluding hydrogens is 277 g/mol. The first kappa shape index (κ1) is 15.7. The lowest BCUT2D eigenvalue weighted by atomic mass is 9.99. The number of halogens is 2. The molecule has 0 aromatic heterocycles. The van der Waals surface area contributed by atoms with Gasteiger partial charge in [0.15, 0.2) is 0 Å². The summed E-state index contributed by atoms with van der Waals surface area (Å²) >= 11 is 5.73. The van der Waals surface area contributed by atoms with E-state index in [9.17, 15) is 4.39 Å². The van der Waals surface area contributed by atoms with Gasteiger partial charge in [0.05, 0.1) is 11.1 Å². The van der Waals surface area contributed by atoms with Crippen LogP contribution in [0, 0.1) is 5.82 Å². The highest BCUT2D eigenvalue weighted by Crippen LogP contribution is 2.24. The normalized spacial score (nSPS) is 25.6. The molecule has 112 valence electrons. The van der Waals surface area contributed by atoms with Crippen molar-refractivity contribution < 1.29 is 4.39 Å². The fourth-order valence-corrected chi connectivity index (χ4v) is 2.97. The largest absolute Gasteiger partial charge is 0.329 e. The van der Waals surface area contributed by atoms with Gasteiger partial charge in [-0.2, -0.15) is 0 Å². The monoisotopic (exact) mass is 299 g/mol. The molecule has 0 bridgehead atoms. The Bertz CT molecular complexity index is 445. The van der Waals surface area contributed by atoms with Crippen molar-refractivity contribution in [3.05, 3.63) is 34.6 Å². The van der Waals surface area contributed by atoms with Crippen molar-refractivity contribution in [1.82, 2.24) is 10.4 Å². The summed E-state index contributed by atoms with van der Waals surface area (Å²) < 4.78 is 13.6. The predicted molar refractivity (Wildman–Crippen MR) is 81.0 cm³/mol. The maximum absolute atomic E-state index is 13.6. The number of nitrogens with zero attached hydrogens (tertiary/aromatic N) is 1. The topological polar surface area (TPSA) is 41.3 Å². The SMILES string of the molecule is CC1CCCC(C)N1NC(CN)c1ccc(Cl)c(F)c1.